The highest BCUT2D eigenvalue weighted by atomic mass is 32.1. The van der Waals surface area contributed by atoms with Crippen LogP contribution in [0.5, 0.6) is 5.75 Å². The van der Waals surface area contributed by atoms with E-state index in [0.717, 1.165) is 20.7 Å². The van der Waals surface area contributed by atoms with E-state index in [0.29, 0.717) is 11.4 Å². The van der Waals surface area contributed by atoms with E-state index in [9.17, 15) is 5.11 Å². The topological polar surface area (TPSA) is 70.4 Å². The molecular weight excluding hydrogens is 332 g/mol. The van der Waals surface area contributed by atoms with Gasteiger partial charge in [0, 0.05) is 10.4 Å². The Morgan fingerprint density at radius 1 is 1.00 bits per heavy atom. The molecule has 0 atom stereocenters. The third kappa shape index (κ3) is 3.20. The van der Waals surface area contributed by atoms with Gasteiger partial charge in [0.2, 0.25) is 0 Å². The number of nitrogens with zero attached hydrogens (tertiary/aromatic N) is 3. The highest BCUT2D eigenvalue weighted by Crippen LogP contribution is 2.35. The number of aromatic nitrogens is 2. The SMILES string of the molecule is Oc1ccccc1/C=N/Nc1ncnc2cc(-c3ccccc3)sc12. The Hall–Kier alpha value is -3.25. The van der Waals surface area contributed by atoms with E-state index in [-0.39, 0.29) is 5.75 Å². The number of para-hydroxylation sites is 1. The van der Waals surface area contributed by atoms with Crippen molar-refractivity contribution in [2.75, 3.05) is 5.43 Å². The Kier molecular flexibility index (Phi) is 4.10. The standard InChI is InChI=1S/C19H14N4OS/c24-16-9-5-4-8-14(16)11-22-23-19-18-15(20-12-21-19)10-17(25-18)13-6-2-1-3-7-13/h1-12,24H,(H,20,21,23)/b22-11+. The Morgan fingerprint density at radius 2 is 1.80 bits per heavy atom. The highest BCUT2D eigenvalue weighted by molar-refractivity contribution is 7.22. The van der Waals surface area contributed by atoms with Gasteiger partial charge in [-0.25, -0.2) is 9.97 Å². The quantitative estimate of drug-likeness (QED) is 0.421. The van der Waals surface area contributed by atoms with Crippen LogP contribution in [0.3, 0.4) is 0 Å². The molecule has 0 aliphatic rings. The number of nitrogens with one attached hydrogen (secondary N) is 1. The lowest BCUT2D eigenvalue weighted by molar-refractivity contribution is 0.474. The predicted molar refractivity (Wildman–Crippen MR) is 102 cm³/mol. The van der Waals surface area contributed by atoms with Crippen LogP contribution in [0.4, 0.5) is 5.82 Å². The molecular formula is C19H14N4OS. The molecule has 6 heteroatoms. The van der Waals surface area contributed by atoms with Crippen LogP contribution in [0, 0.1) is 0 Å². The van der Waals surface area contributed by atoms with Gasteiger partial charge >= 0.3 is 0 Å². The van der Waals surface area contributed by atoms with Crippen LogP contribution in [0.1, 0.15) is 5.56 Å². The molecule has 2 aromatic carbocycles. The molecule has 0 fully saturated rings. The number of fused-ring (bicyclic) bond motifs is 1. The van der Waals surface area contributed by atoms with E-state index < -0.39 is 0 Å². The largest absolute Gasteiger partial charge is 0.507 e. The van der Waals surface area contributed by atoms with E-state index in [1.807, 2.05) is 24.3 Å². The number of hydrogen-bond acceptors (Lipinski definition) is 6. The van der Waals surface area contributed by atoms with Crippen LogP contribution in [-0.4, -0.2) is 21.3 Å². The first-order valence-electron chi connectivity index (χ1n) is 7.68. The number of rotatable bonds is 4. The van der Waals surface area contributed by atoms with Crippen molar-refractivity contribution in [3.63, 3.8) is 0 Å². The van der Waals surface area contributed by atoms with Gasteiger partial charge in [-0.3, -0.25) is 5.43 Å². The zero-order chi connectivity index (χ0) is 17.1. The second-order valence-corrected chi connectivity index (χ2v) is 6.39. The lowest BCUT2D eigenvalue weighted by Crippen LogP contribution is -1.94. The van der Waals surface area contributed by atoms with Gasteiger partial charge in [0.05, 0.1) is 16.4 Å². The maximum Gasteiger partial charge on any atom is 0.167 e. The minimum atomic E-state index is 0.184. The molecule has 5 nitrogen and oxygen atoms in total. The fourth-order valence-electron chi connectivity index (χ4n) is 2.44. The zero-order valence-corrected chi connectivity index (χ0v) is 13.9. The first kappa shape index (κ1) is 15.3. The summed E-state index contributed by atoms with van der Waals surface area (Å²) < 4.78 is 0.941. The van der Waals surface area contributed by atoms with Crippen LogP contribution >= 0.6 is 11.3 Å². The van der Waals surface area contributed by atoms with Gasteiger partial charge in [0.15, 0.2) is 5.82 Å². The summed E-state index contributed by atoms with van der Waals surface area (Å²) in [4.78, 5) is 9.74. The molecule has 0 aliphatic carbocycles. The third-order valence-corrected chi connectivity index (χ3v) is 4.86. The summed E-state index contributed by atoms with van der Waals surface area (Å²) in [6, 6.07) is 19.2. The fourth-order valence-corrected chi connectivity index (χ4v) is 3.49. The monoisotopic (exact) mass is 346 g/mol. The lowest BCUT2D eigenvalue weighted by atomic mass is 10.2. The minimum Gasteiger partial charge on any atom is -0.507 e. The summed E-state index contributed by atoms with van der Waals surface area (Å²) in [5.74, 6) is 0.826. The molecule has 2 aromatic heterocycles. The van der Waals surface area contributed by atoms with Crippen LogP contribution < -0.4 is 5.43 Å². The molecule has 0 amide bonds. The first-order valence-corrected chi connectivity index (χ1v) is 8.50. The molecule has 0 spiro atoms. The Morgan fingerprint density at radius 3 is 2.64 bits per heavy atom. The maximum absolute atomic E-state index is 9.77. The van der Waals surface area contributed by atoms with Crippen molar-refractivity contribution in [3.8, 4) is 16.2 Å². The summed E-state index contributed by atoms with van der Waals surface area (Å²) in [6.45, 7) is 0. The molecule has 0 radical (unpaired) electrons. The van der Waals surface area contributed by atoms with Crippen LogP contribution in [0.2, 0.25) is 0 Å². The van der Waals surface area contributed by atoms with Crippen LogP contribution in [0.15, 0.2) is 72.1 Å². The van der Waals surface area contributed by atoms with E-state index in [4.69, 9.17) is 0 Å². The fraction of sp³-hybridized carbons (Fsp3) is 0. The molecule has 4 rings (SSSR count). The summed E-state index contributed by atoms with van der Waals surface area (Å²) in [7, 11) is 0. The number of phenols is 1. The maximum atomic E-state index is 9.77. The molecule has 0 aliphatic heterocycles. The van der Waals surface area contributed by atoms with Gasteiger partial charge in [0.25, 0.3) is 0 Å². The Balaban J connectivity index is 1.64. The molecule has 0 unspecified atom stereocenters. The molecule has 2 N–H and O–H groups in total. The van der Waals surface area contributed by atoms with Gasteiger partial charge in [-0.15, -0.1) is 11.3 Å². The van der Waals surface area contributed by atoms with Gasteiger partial charge < -0.3 is 5.11 Å². The smallest absolute Gasteiger partial charge is 0.167 e. The van der Waals surface area contributed by atoms with Crippen LogP contribution in [-0.2, 0) is 0 Å². The predicted octanol–water partition coefficient (Wildman–Crippen LogP) is 4.51. The van der Waals surface area contributed by atoms with Crippen molar-refractivity contribution in [1.82, 2.24) is 9.97 Å². The first-order chi connectivity index (χ1) is 12.3. The molecule has 25 heavy (non-hydrogen) atoms. The molecule has 4 aromatic rings. The zero-order valence-electron chi connectivity index (χ0n) is 13.1. The highest BCUT2D eigenvalue weighted by Gasteiger charge is 2.09. The molecule has 0 bridgehead atoms. The molecule has 0 saturated carbocycles. The number of hydrazone groups is 1. The van der Waals surface area contributed by atoms with Crippen molar-refractivity contribution in [1.29, 1.82) is 0 Å². The number of thiophene rings is 1. The number of phenolic OH excluding ortho intramolecular Hbond substituents is 1. The summed E-state index contributed by atoms with van der Waals surface area (Å²) >= 11 is 1.62. The van der Waals surface area contributed by atoms with Gasteiger partial charge in [-0.1, -0.05) is 42.5 Å². The van der Waals surface area contributed by atoms with Crippen molar-refractivity contribution < 1.29 is 5.11 Å². The van der Waals surface area contributed by atoms with Gasteiger partial charge in [-0.2, -0.15) is 5.10 Å². The molecule has 0 saturated heterocycles. The normalized spacial score (nSPS) is 11.2. The molecule has 122 valence electrons. The number of benzene rings is 2. The van der Waals surface area contributed by atoms with E-state index in [1.54, 1.807) is 35.8 Å². The third-order valence-electron chi connectivity index (χ3n) is 3.68. The van der Waals surface area contributed by atoms with Gasteiger partial charge in [0.1, 0.15) is 12.1 Å². The number of hydrogen-bond donors (Lipinski definition) is 2. The van der Waals surface area contributed by atoms with Crippen molar-refractivity contribution in [2.45, 2.75) is 0 Å². The lowest BCUT2D eigenvalue weighted by Gasteiger charge is -2.00. The van der Waals surface area contributed by atoms with E-state index in [2.05, 4.69) is 38.7 Å². The Labute approximate surface area is 148 Å². The van der Waals surface area contributed by atoms with Crippen molar-refractivity contribution in [3.05, 3.63) is 72.6 Å². The molecule has 2 heterocycles. The summed E-state index contributed by atoms with van der Waals surface area (Å²) in [6.07, 6.45) is 3.08. The average molecular weight is 346 g/mol. The summed E-state index contributed by atoms with van der Waals surface area (Å²) in [5.41, 5.74) is 5.60. The second-order valence-electron chi connectivity index (χ2n) is 5.34. The van der Waals surface area contributed by atoms with E-state index >= 15 is 0 Å². The van der Waals surface area contributed by atoms with Gasteiger partial charge in [-0.05, 0) is 23.8 Å². The minimum absolute atomic E-state index is 0.184. The summed E-state index contributed by atoms with van der Waals surface area (Å²) in [5, 5.41) is 14.0. The Bertz CT molecular complexity index is 1040. The van der Waals surface area contributed by atoms with Crippen molar-refractivity contribution in [2.24, 2.45) is 5.10 Å². The van der Waals surface area contributed by atoms with Crippen molar-refractivity contribution >= 4 is 33.6 Å². The number of aromatic hydroxyl groups is 1. The second kappa shape index (κ2) is 6.70. The van der Waals surface area contributed by atoms with Crippen LogP contribution in [0.25, 0.3) is 20.7 Å². The average Bonchev–Trinajstić information content (AvgIpc) is 3.09. The number of anilines is 1. The van der Waals surface area contributed by atoms with E-state index in [1.165, 1.54) is 6.33 Å².